The maximum atomic E-state index is 13.5. The Hall–Kier alpha value is -2.41. The summed E-state index contributed by atoms with van der Waals surface area (Å²) in [7, 11) is 0. The van der Waals surface area contributed by atoms with Gasteiger partial charge in [0.1, 0.15) is 11.4 Å². The number of benzene rings is 2. The van der Waals surface area contributed by atoms with E-state index in [1.807, 2.05) is 0 Å². The molecule has 0 saturated heterocycles. The average molecular weight is 320 g/mol. The molecule has 0 aliphatic carbocycles. The number of hydrogen-bond acceptors (Lipinski definition) is 4. The van der Waals surface area contributed by atoms with E-state index in [1.54, 1.807) is 25.3 Å². The van der Waals surface area contributed by atoms with Gasteiger partial charge < -0.3 is 5.32 Å². The molecule has 0 bridgehead atoms. The Kier molecular flexibility index (Phi) is 4.77. The Morgan fingerprint density at radius 3 is 2.59 bits per heavy atom. The molecular weight excluding hydrogens is 307 g/mol. The van der Waals surface area contributed by atoms with Gasteiger partial charge in [-0.3, -0.25) is 14.9 Å². The summed E-state index contributed by atoms with van der Waals surface area (Å²) in [5.74, 6) is -1.10. The fourth-order valence-electron chi connectivity index (χ4n) is 1.85. The molecule has 0 saturated carbocycles. The standard InChI is InChI=1S/C15H13FN2O3S/c1-9-3-4-10(7-13(9)16)17-15(19)12-8-11(22-2)5-6-14(12)18(20)21/h3-8H,1-2H3,(H,17,19). The van der Waals surface area contributed by atoms with Gasteiger partial charge in [-0.1, -0.05) is 6.07 Å². The molecule has 0 spiro atoms. The Morgan fingerprint density at radius 2 is 2.00 bits per heavy atom. The predicted molar refractivity (Wildman–Crippen MR) is 84.0 cm³/mol. The van der Waals surface area contributed by atoms with Crippen molar-refractivity contribution in [1.29, 1.82) is 0 Å². The van der Waals surface area contributed by atoms with Crippen molar-refractivity contribution in [3.8, 4) is 0 Å². The lowest BCUT2D eigenvalue weighted by Gasteiger charge is -2.08. The molecule has 0 radical (unpaired) electrons. The van der Waals surface area contributed by atoms with Gasteiger partial charge >= 0.3 is 0 Å². The minimum Gasteiger partial charge on any atom is -0.322 e. The van der Waals surface area contributed by atoms with E-state index in [2.05, 4.69) is 5.32 Å². The lowest BCUT2D eigenvalue weighted by Crippen LogP contribution is -2.14. The van der Waals surface area contributed by atoms with Crippen LogP contribution >= 0.6 is 11.8 Å². The number of anilines is 1. The van der Waals surface area contributed by atoms with Gasteiger partial charge in [0.05, 0.1) is 4.92 Å². The van der Waals surface area contributed by atoms with Gasteiger partial charge in [-0.05, 0) is 43.0 Å². The van der Waals surface area contributed by atoms with Crippen molar-refractivity contribution >= 4 is 29.0 Å². The van der Waals surface area contributed by atoms with E-state index < -0.39 is 16.6 Å². The number of nitro groups is 1. The van der Waals surface area contributed by atoms with Crippen molar-refractivity contribution in [2.45, 2.75) is 11.8 Å². The van der Waals surface area contributed by atoms with Crippen LogP contribution < -0.4 is 5.32 Å². The minimum absolute atomic E-state index is 0.0576. The molecule has 2 aromatic rings. The second-order valence-electron chi connectivity index (χ2n) is 4.56. The summed E-state index contributed by atoms with van der Waals surface area (Å²) in [4.78, 5) is 23.4. The van der Waals surface area contributed by atoms with Gasteiger partial charge in [0.2, 0.25) is 0 Å². The maximum absolute atomic E-state index is 13.5. The summed E-state index contributed by atoms with van der Waals surface area (Å²) in [5.41, 5.74) is 0.353. The summed E-state index contributed by atoms with van der Waals surface area (Å²) >= 11 is 1.37. The molecule has 0 heterocycles. The van der Waals surface area contributed by atoms with E-state index in [4.69, 9.17) is 0 Å². The first-order valence-electron chi connectivity index (χ1n) is 6.32. The molecule has 7 heteroatoms. The number of nitro benzene ring substituents is 1. The number of nitrogens with one attached hydrogen (secondary N) is 1. The number of rotatable bonds is 4. The first-order valence-corrected chi connectivity index (χ1v) is 7.55. The van der Waals surface area contributed by atoms with Crippen molar-refractivity contribution in [1.82, 2.24) is 0 Å². The number of aryl methyl sites for hydroxylation is 1. The first-order chi connectivity index (χ1) is 10.4. The van der Waals surface area contributed by atoms with Crippen molar-refractivity contribution < 1.29 is 14.1 Å². The fraction of sp³-hybridized carbons (Fsp3) is 0.133. The zero-order chi connectivity index (χ0) is 16.3. The highest BCUT2D eigenvalue weighted by atomic mass is 32.2. The van der Waals surface area contributed by atoms with E-state index in [9.17, 15) is 19.3 Å². The van der Waals surface area contributed by atoms with Gasteiger partial charge in [-0.25, -0.2) is 4.39 Å². The largest absolute Gasteiger partial charge is 0.322 e. The fourth-order valence-corrected chi connectivity index (χ4v) is 2.29. The van der Waals surface area contributed by atoms with Gasteiger partial charge in [-0.2, -0.15) is 0 Å². The third kappa shape index (κ3) is 3.43. The van der Waals surface area contributed by atoms with E-state index >= 15 is 0 Å². The molecule has 0 unspecified atom stereocenters. The van der Waals surface area contributed by atoms with Crippen LogP contribution in [0.15, 0.2) is 41.3 Å². The minimum atomic E-state index is -0.647. The third-order valence-corrected chi connectivity index (χ3v) is 3.80. The first kappa shape index (κ1) is 16.0. The molecule has 1 amide bonds. The van der Waals surface area contributed by atoms with Crippen LogP contribution in [-0.2, 0) is 0 Å². The van der Waals surface area contributed by atoms with Gasteiger partial charge in [0.25, 0.3) is 11.6 Å². The number of nitrogens with zero attached hydrogens (tertiary/aromatic N) is 1. The Bertz CT molecular complexity index is 750. The van der Waals surface area contributed by atoms with Crippen molar-refractivity contribution in [3.63, 3.8) is 0 Å². The quantitative estimate of drug-likeness (QED) is 0.525. The SMILES string of the molecule is CSc1ccc([N+](=O)[O-])c(C(=O)Nc2ccc(C)c(F)c2)c1. The van der Waals surface area contributed by atoms with E-state index in [0.29, 0.717) is 5.56 Å². The van der Waals surface area contributed by atoms with Gasteiger partial charge in [-0.15, -0.1) is 11.8 Å². The molecule has 0 aromatic heterocycles. The zero-order valence-electron chi connectivity index (χ0n) is 11.9. The normalized spacial score (nSPS) is 10.3. The molecule has 0 atom stereocenters. The van der Waals surface area contributed by atoms with Crippen molar-refractivity contribution in [2.24, 2.45) is 0 Å². The van der Waals surface area contributed by atoms with E-state index in [-0.39, 0.29) is 16.9 Å². The van der Waals surface area contributed by atoms with Crippen molar-refractivity contribution in [2.75, 3.05) is 11.6 Å². The molecule has 114 valence electrons. The summed E-state index contributed by atoms with van der Waals surface area (Å²) < 4.78 is 13.5. The highest BCUT2D eigenvalue weighted by Gasteiger charge is 2.21. The highest BCUT2D eigenvalue weighted by Crippen LogP contribution is 2.26. The Balaban J connectivity index is 2.35. The van der Waals surface area contributed by atoms with Crippen LogP contribution in [-0.4, -0.2) is 17.1 Å². The van der Waals surface area contributed by atoms with Crippen LogP contribution in [0.3, 0.4) is 0 Å². The summed E-state index contributed by atoms with van der Waals surface area (Å²) in [5, 5.41) is 13.5. The van der Waals surface area contributed by atoms with Gasteiger partial charge in [0.15, 0.2) is 0 Å². The van der Waals surface area contributed by atoms with Crippen LogP contribution in [0.4, 0.5) is 15.8 Å². The smallest absolute Gasteiger partial charge is 0.282 e. The number of carbonyl (C=O) groups is 1. The lowest BCUT2D eigenvalue weighted by molar-refractivity contribution is -0.385. The number of amides is 1. The van der Waals surface area contributed by atoms with Crippen LogP contribution in [0.1, 0.15) is 15.9 Å². The monoisotopic (exact) mass is 320 g/mol. The maximum Gasteiger partial charge on any atom is 0.282 e. The van der Waals surface area contributed by atoms with Crippen LogP contribution in [0.25, 0.3) is 0 Å². The molecule has 22 heavy (non-hydrogen) atoms. The number of carbonyl (C=O) groups excluding carboxylic acids is 1. The molecule has 2 rings (SSSR count). The molecule has 2 aromatic carbocycles. The molecule has 0 aliphatic heterocycles. The highest BCUT2D eigenvalue weighted by molar-refractivity contribution is 7.98. The van der Waals surface area contributed by atoms with E-state index in [0.717, 1.165) is 4.90 Å². The van der Waals surface area contributed by atoms with Crippen molar-refractivity contribution in [3.05, 3.63) is 63.5 Å². The summed E-state index contributed by atoms with van der Waals surface area (Å²) in [6.07, 6.45) is 1.80. The lowest BCUT2D eigenvalue weighted by atomic mass is 10.1. The number of hydrogen-bond donors (Lipinski definition) is 1. The molecular formula is C15H13FN2O3S. The molecule has 0 fully saturated rings. The topological polar surface area (TPSA) is 72.2 Å². The van der Waals surface area contributed by atoms with Crippen LogP contribution in [0.5, 0.6) is 0 Å². The number of halogens is 1. The van der Waals surface area contributed by atoms with E-state index in [1.165, 1.54) is 36.0 Å². The summed E-state index contributed by atoms with van der Waals surface area (Å²) in [6, 6.07) is 8.56. The van der Waals surface area contributed by atoms with Crippen LogP contribution in [0, 0.1) is 22.9 Å². The van der Waals surface area contributed by atoms with Gasteiger partial charge in [0, 0.05) is 16.6 Å². The Morgan fingerprint density at radius 1 is 1.27 bits per heavy atom. The number of thioether (sulfide) groups is 1. The second-order valence-corrected chi connectivity index (χ2v) is 5.44. The molecule has 1 N–H and O–H groups in total. The van der Waals surface area contributed by atoms with Crippen LogP contribution in [0.2, 0.25) is 0 Å². The average Bonchev–Trinajstić information content (AvgIpc) is 2.50. The molecule has 5 nitrogen and oxygen atoms in total. The third-order valence-electron chi connectivity index (χ3n) is 3.07. The predicted octanol–water partition coefficient (Wildman–Crippen LogP) is 4.02. The Labute approximate surface area is 130 Å². The second kappa shape index (κ2) is 6.57. The zero-order valence-corrected chi connectivity index (χ0v) is 12.7. The molecule has 0 aliphatic rings. The summed E-state index contributed by atoms with van der Waals surface area (Å²) in [6.45, 7) is 1.60.